The Bertz CT molecular complexity index is 310. The van der Waals surface area contributed by atoms with Crippen LogP contribution in [-0.2, 0) is 19.0 Å². The molecule has 90 valence electrons. The SMILES string of the molecule is C[C@@H]1C(=O)[C@H](C)[C@H]2O[C@@H]1[C@@H]1OC(C)(C)O[C@@H]12. The third-order valence-corrected chi connectivity index (χ3v) is 4.01. The van der Waals surface area contributed by atoms with E-state index in [-0.39, 0.29) is 42.0 Å². The van der Waals surface area contributed by atoms with Gasteiger partial charge >= 0.3 is 0 Å². The molecule has 3 aliphatic rings. The smallest absolute Gasteiger partial charge is 0.164 e. The first-order valence-electron chi connectivity index (χ1n) is 5.95. The van der Waals surface area contributed by atoms with Gasteiger partial charge in [0.15, 0.2) is 5.79 Å². The summed E-state index contributed by atoms with van der Waals surface area (Å²) in [6.07, 6.45) is -0.409. The molecular weight excluding hydrogens is 208 g/mol. The highest BCUT2D eigenvalue weighted by Crippen LogP contribution is 2.46. The van der Waals surface area contributed by atoms with Crippen LogP contribution in [0.25, 0.3) is 0 Å². The molecule has 3 fully saturated rings. The van der Waals surface area contributed by atoms with Gasteiger partial charge in [-0.25, -0.2) is 0 Å². The molecule has 0 aliphatic carbocycles. The van der Waals surface area contributed by atoms with Crippen molar-refractivity contribution < 1.29 is 19.0 Å². The maximum Gasteiger partial charge on any atom is 0.164 e. The summed E-state index contributed by atoms with van der Waals surface area (Å²) in [6.45, 7) is 7.68. The zero-order chi connectivity index (χ0) is 11.7. The maximum atomic E-state index is 12.0. The van der Waals surface area contributed by atoms with Crippen LogP contribution in [-0.4, -0.2) is 36.0 Å². The zero-order valence-electron chi connectivity index (χ0n) is 10.1. The Morgan fingerprint density at radius 3 is 1.81 bits per heavy atom. The van der Waals surface area contributed by atoms with E-state index in [0.29, 0.717) is 0 Å². The standard InChI is InChI=1S/C12H18O4/c1-5-7(13)6(2)9-11-10(8(5)14-9)15-12(3,4)16-11/h5-6,8-11H,1-4H3/t5-,6+,8+,9-,10+,11-. The van der Waals surface area contributed by atoms with E-state index < -0.39 is 5.79 Å². The first-order valence-corrected chi connectivity index (χ1v) is 5.95. The van der Waals surface area contributed by atoms with Crippen molar-refractivity contribution in [2.75, 3.05) is 0 Å². The summed E-state index contributed by atoms with van der Waals surface area (Å²) in [6, 6.07) is 0. The molecule has 0 aromatic heterocycles. The van der Waals surface area contributed by atoms with Crippen LogP contribution in [0.15, 0.2) is 0 Å². The summed E-state index contributed by atoms with van der Waals surface area (Å²) in [5, 5.41) is 0. The van der Waals surface area contributed by atoms with Crippen LogP contribution in [0.3, 0.4) is 0 Å². The van der Waals surface area contributed by atoms with E-state index in [1.165, 1.54) is 0 Å². The highest BCUT2D eigenvalue weighted by molar-refractivity contribution is 5.85. The molecule has 3 saturated heterocycles. The summed E-state index contributed by atoms with van der Waals surface area (Å²) in [5.74, 6) is -0.437. The number of carbonyl (C=O) groups excluding carboxylic acids is 1. The molecule has 4 nitrogen and oxygen atoms in total. The Morgan fingerprint density at radius 2 is 1.38 bits per heavy atom. The molecule has 3 rings (SSSR count). The van der Waals surface area contributed by atoms with Crippen molar-refractivity contribution in [1.29, 1.82) is 0 Å². The number of hydrogen-bond donors (Lipinski definition) is 0. The molecule has 0 N–H and O–H groups in total. The fraction of sp³-hybridized carbons (Fsp3) is 0.917. The molecule has 0 spiro atoms. The Hall–Kier alpha value is -0.450. The number of carbonyl (C=O) groups is 1. The minimum atomic E-state index is -0.546. The molecule has 0 aromatic rings. The summed E-state index contributed by atoms with van der Waals surface area (Å²) in [7, 11) is 0. The van der Waals surface area contributed by atoms with Crippen molar-refractivity contribution in [3.63, 3.8) is 0 Å². The zero-order valence-corrected chi connectivity index (χ0v) is 10.1. The molecule has 16 heavy (non-hydrogen) atoms. The number of Topliss-reactive ketones (excluding diaryl/α,β-unsaturated/α-hetero) is 1. The average molecular weight is 226 g/mol. The van der Waals surface area contributed by atoms with E-state index in [2.05, 4.69) is 0 Å². The van der Waals surface area contributed by atoms with E-state index in [1.807, 2.05) is 27.7 Å². The Morgan fingerprint density at radius 1 is 0.938 bits per heavy atom. The van der Waals surface area contributed by atoms with E-state index >= 15 is 0 Å². The number of hydrogen-bond acceptors (Lipinski definition) is 4. The van der Waals surface area contributed by atoms with Crippen molar-refractivity contribution >= 4 is 5.78 Å². The molecule has 4 heteroatoms. The number of ether oxygens (including phenoxy) is 3. The first kappa shape index (κ1) is 10.7. The van der Waals surface area contributed by atoms with Gasteiger partial charge in [0.05, 0.1) is 12.2 Å². The highest BCUT2D eigenvalue weighted by Gasteiger charge is 2.62. The van der Waals surface area contributed by atoms with Gasteiger partial charge in [0.2, 0.25) is 0 Å². The molecule has 0 unspecified atom stereocenters. The van der Waals surface area contributed by atoms with Crippen LogP contribution in [0.4, 0.5) is 0 Å². The number of rotatable bonds is 0. The fourth-order valence-corrected chi connectivity index (χ4v) is 3.20. The number of fused-ring (bicyclic) bond motifs is 5. The van der Waals surface area contributed by atoms with Gasteiger partial charge in [-0.3, -0.25) is 4.79 Å². The van der Waals surface area contributed by atoms with Gasteiger partial charge in [0.25, 0.3) is 0 Å². The lowest BCUT2D eigenvalue weighted by atomic mass is 9.88. The lowest BCUT2D eigenvalue weighted by Gasteiger charge is -2.34. The largest absolute Gasteiger partial charge is 0.368 e. The fourth-order valence-electron chi connectivity index (χ4n) is 3.20. The van der Waals surface area contributed by atoms with Gasteiger partial charge in [0.1, 0.15) is 18.0 Å². The molecule has 6 atom stereocenters. The van der Waals surface area contributed by atoms with Crippen LogP contribution in [0.1, 0.15) is 27.7 Å². The second kappa shape index (κ2) is 3.06. The molecule has 0 saturated carbocycles. The first-order chi connectivity index (χ1) is 7.41. The van der Waals surface area contributed by atoms with Crippen molar-refractivity contribution in [2.24, 2.45) is 11.8 Å². The van der Waals surface area contributed by atoms with Gasteiger partial charge < -0.3 is 14.2 Å². The molecule has 0 radical (unpaired) electrons. The maximum absolute atomic E-state index is 12.0. The summed E-state index contributed by atoms with van der Waals surface area (Å²) in [4.78, 5) is 12.0. The minimum absolute atomic E-state index is 0.0797. The van der Waals surface area contributed by atoms with Crippen LogP contribution < -0.4 is 0 Å². The van der Waals surface area contributed by atoms with E-state index in [9.17, 15) is 4.79 Å². The average Bonchev–Trinajstić information content (AvgIpc) is 2.65. The Labute approximate surface area is 95.2 Å². The van der Waals surface area contributed by atoms with Crippen LogP contribution in [0.5, 0.6) is 0 Å². The predicted molar refractivity (Wildman–Crippen MR) is 55.8 cm³/mol. The quantitative estimate of drug-likeness (QED) is 0.621. The van der Waals surface area contributed by atoms with Gasteiger partial charge in [-0.1, -0.05) is 13.8 Å². The lowest BCUT2D eigenvalue weighted by molar-refractivity contribution is -0.207. The van der Waals surface area contributed by atoms with Crippen molar-refractivity contribution in [1.82, 2.24) is 0 Å². The van der Waals surface area contributed by atoms with Crippen LogP contribution in [0, 0.1) is 11.8 Å². The molecule has 3 heterocycles. The van der Waals surface area contributed by atoms with E-state index in [4.69, 9.17) is 14.2 Å². The topological polar surface area (TPSA) is 44.8 Å². The molecule has 3 aliphatic heterocycles. The van der Waals surface area contributed by atoms with Crippen LogP contribution in [0.2, 0.25) is 0 Å². The second-order valence-electron chi connectivity index (χ2n) is 5.61. The minimum Gasteiger partial charge on any atom is -0.368 e. The lowest BCUT2D eigenvalue weighted by Crippen LogP contribution is -2.45. The molecule has 0 amide bonds. The van der Waals surface area contributed by atoms with Gasteiger partial charge in [-0.05, 0) is 13.8 Å². The molecule has 2 bridgehead atoms. The third kappa shape index (κ3) is 1.24. The van der Waals surface area contributed by atoms with Gasteiger partial charge in [0, 0.05) is 11.8 Å². The van der Waals surface area contributed by atoms with Gasteiger partial charge in [-0.2, -0.15) is 0 Å². The van der Waals surface area contributed by atoms with Crippen molar-refractivity contribution in [3.8, 4) is 0 Å². The van der Waals surface area contributed by atoms with Crippen molar-refractivity contribution in [2.45, 2.75) is 57.9 Å². The van der Waals surface area contributed by atoms with Gasteiger partial charge in [-0.15, -0.1) is 0 Å². The summed E-state index contributed by atoms with van der Waals surface area (Å²) in [5.41, 5.74) is 0. The summed E-state index contributed by atoms with van der Waals surface area (Å²) >= 11 is 0. The second-order valence-corrected chi connectivity index (χ2v) is 5.61. The third-order valence-electron chi connectivity index (χ3n) is 4.01. The molecular formula is C12H18O4. The van der Waals surface area contributed by atoms with Crippen LogP contribution >= 0.6 is 0 Å². The highest BCUT2D eigenvalue weighted by atomic mass is 16.8. The summed E-state index contributed by atoms with van der Waals surface area (Å²) < 4.78 is 17.6. The predicted octanol–water partition coefficient (Wildman–Crippen LogP) is 1.13. The monoisotopic (exact) mass is 226 g/mol. The normalized spacial score (nSPS) is 54.1. The van der Waals surface area contributed by atoms with Crippen molar-refractivity contribution in [3.05, 3.63) is 0 Å². The Balaban J connectivity index is 1.94. The molecule has 0 aromatic carbocycles. The Kier molecular flexibility index (Phi) is 2.04. The van der Waals surface area contributed by atoms with E-state index in [0.717, 1.165) is 0 Å². The van der Waals surface area contributed by atoms with E-state index in [1.54, 1.807) is 0 Å². The number of ketones is 1.